The molecular formula is C16H21N3S. The van der Waals surface area contributed by atoms with Crippen LogP contribution >= 0.6 is 11.3 Å². The highest BCUT2D eigenvalue weighted by atomic mass is 32.1. The van der Waals surface area contributed by atoms with Crippen molar-refractivity contribution in [1.82, 2.24) is 15.3 Å². The van der Waals surface area contributed by atoms with Crippen molar-refractivity contribution in [2.75, 3.05) is 6.54 Å². The number of thiophene rings is 1. The highest BCUT2D eigenvalue weighted by molar-refractivity contribution is 7.13. The van der Waals surface area contributed by atoms with Gasteiger partial charge in [0, 0.05) is 17.9 Å². The Morgan fingerprint density at radius 1 is 1.45 bits per heavy atom. The highest BCUT2D eigenvalue weighted by Gasteiger charge is 2.20. The van der Waals surface area contributed by atoms with Gasteiger partial charge in [0.25, 0.3) is 0 Å². The molecule has 0 aliphatic heterocycles. The first-order valence-corrected chi connectivity index (χ1v) is 8.22. The lowest BCUT2D eigenvalue weighted by Crippen LogP contribution is -2.32. The minimum Gasteiger partial charge on any atom is -0.314 e. The van der Waals surface area contributed by atoms with Crippen LogP contribution in [0.3, 0.4) is 0 Å². The number of aromatic nitrogens is 2. The quantitative estimate of drug-likeness (QED) is 0.937. The summed E-state index contributed by atoms with van der Waals surface area (Å²) in [6, 6.07) is 4.70. The standard InChI is InChI=1S/C16H21N3S/c1-11(2)17-9-12-5-6-14-13(8-12)10-18-16(19-14)15-4-3-7-20-15/h3-4,7,10-12,17H,5-6,8-9H2,1-2H3. The Balaban J connectivity index is 1.72. The Morgan fingerprint density at radius 3 is 3.10 bits per heavy atom. The summed E-state index contributed by atoms with van der Waals surface area (Å²) in [5, 5.41) is 5.62. The van der Waals surface area contributed by atoms with Gasteiger partial charge >= 0.3 is 0 Å². The van der Waals surface area contributed by atoms with E-state index < -0.39 is 0 Å². The van der Waals surface area contributed by atoms with Gasteiger partial charge in [0.1, 0.15) is 0 Å². The van der Waals surface area contributed by atoms with Crippen LogP contribution in [-0.4, -0.2) is 22.6 Å². The molecule has 3 nitrogen and oxygen atoms in total. The number of rotatable bonds is 4. The maximum absolute atomic E-state index is 4.76. The molecule has 0 radical (unpaired) electrons. The van der Waals surface area contributed by atoms with Crippen LogP contribution < -0.4 is 5.32 Å². The molecule has 1 unspecified atom stereocenters. The van der Waals surface area contributed by atoms with Crippen molar-refractivity contribution >= 4 is 11.3 Å². The molecule has 1 aliphatic carbocycles. The molecule has 0 aromatic carbocycles. The number of hydrogen-bond donors (Lipinski definition) is 1. The largest absolute Gasteiger partial charge is 0.314 e. The van der Waals surface area contributed by atoms with Crippen molar-refractivity contribution in [1.29, 1.82) is 0 Å². The van der Waals surface area contributed by atoms with Crippen LogP contribution in [0.1, 0.15) is 31.5 Å². The van der Waals surface area contributed by atoms with Gasteiger partial charge in [-0.05, 0) is 48.7 Å². The molecular weight excluding hydrogens is 266 g/mol. The summed E-state index contributed by atoms with van der Waals surface area (Å²) in [7, 11) is 0. The molecule has 3 rings (SSSR count). The van der Waals surface area contributed by atoms with E-state index in [9.17, 15) is 0 Å². The van der Waals surface area contributed by atoms with E-state index in [-0.39, 0.29) is 0 Å². The van der Waals surface area contributed by atoms with Crippen molar-refractivity contribution in [2.45, 2.75) is 39.2 Å². The average molecular weight is 287 g/mol. The fourth-order valence-corrected chi connectivity index (χ4v) is 3.35. The summed E-state index contributed by atoms with van der Waals surface area (Å²) >= 11 is 1.70. The van der Waals surface area contributed by atoms with E-state index in [0.29, 0.717) is 6.04 Å². The van der Waals surface area contributed by atoms with Crippen molar-refractivity contribution in [3.63, 3.8) is 0 Å². The Kier molecular flexibility index (Phi) is 4.13. The summed E-state index contributed by atoms with van der Waals surface area (Å²) in [5.74, 6) is 1.61. The SMILES string of the molecule is CC(C)NCC1CCc2nc(-c3cccs3)ncc2C1. The third kappa shape index (κ3) is 3.07. The van der Waals surface area contributed by atoms with Gasteiger partial charge in [0.15, 0.2) is 5.82 Å². The molecule has 0 saturated heterocycles. The molecule has 0 spiro atoms. The van der Waals surface area contributed by atoms with Crippen molar-refractivity contribution in [2.24, 2.45) is 5.92 Å². The van der Waals surface area contributed by atoms with Crippen molar-refractivity contribution in [3.05, 3.63) is 35.0 Å². The Labute approximate surface area is 124 Å². The maximum atomic E-state index is 4.76. The zero-order chi connectivity index (χ0) is 13.9. The molecule has 1 N–H and O–H groups in total. The number of nitrogens with one attached hydrogen (secondary N) is 1. The van der Waals surface area contributed by atoms with Crippen LogP contribution in [0, 0.1) is 5.92 Å². The molecule has 0 amide bonds. The number of aryl methyl sites for hydroxylation is 1. The average Bonchev–Trinajstić information content (AvgIpc) is 2.98. The van der Waals surface area contributed by atoms with Crippen LogP contribution in [0.25, 0.3) is 10.7 Å². The first-order valence-electron chi connectivity index (χ1n) is 7.34. The van der Waals surface area contributed by atoms with E-state index >= 15 is 0 Å². The summed E-state index contributed by atoms with van der Waals surface area (Å²) < 4.78 is 0. The minimum absolute atomic E-state index is 0.564. The predicted octanol–water partition coefficient (Wildman–Crippen LogP) is 3.31. The molecule has 2 aromatic heterocycles. The lowest BCUT2D eigenvalue weighted by Gasteiger charge is -2.25. The summed E-state index contributed by atoms with van der Waals surface area (Å²) in [6.45, 7) is 5.50. The maximum Gasteiger partial charge on any atom is 0.169 e. The van der Waals surface area contributed by atoms with Crippen LogP contribution in [0.15, 0.2) is 23.7 Å². The monoisotopic (exact) mass is 287 g/mol. The fraction of sp³-hybridized carbons (Fsp3) is 0.500. The minimum atomic E-state index is 0.564. The fourth-order valence-electron chi connectivity index (χ4n) is 2.68. The van der Waals surface area contributed by atoms with E-state index in [4.69, 9.17) is 4.98 Å². The Morgan fingerprint density at radius 2 is 2.35 bits per heavy atom. The third-order valence-corrected chi connectivity index (χ3v) is 4.67. The van der Waals surface area contributed by atoms with Gasteiger partial charge in [-0.25, -0.2) is 9.97 Å². The topological polar surface area (TPSA) is 37.8 Å². The van der Waals surface area contributed by atoms with E-state index in [1.807, 2.05) is 6.20 Å². The molecule has 0 saturated carbocycles. The molecule has 2 aromatic rings. The van der Waals surface area contributed by atoms with Gasteiger partial charge in [-0.15, -0.1) is 11.3 Å². The number of hydrogen-bond acceptors (Lipinski definition) is 4. The summed E-state index contributed by atoms with van der Waals surface area (Å²) in [5.41, 5.74) is 2.59. The van der Waals surface area contributed by atoms with Gasteiger partial charge in [-0.3, -0.25) is 0 Å². The van der Waals surface area contributed by atoms with Gasteiger partial charge in [-0.1, -0.05) is 19.9 Å². The number of fused-ring (bicyclic) bond motifs is 1. The zero-order valence-corrected chi connectivity index (χ0v) is 12.9. The van der Waals surface area contributed by atoms with Gasteiger partial charge in [-0.2, -0.15) is 0 Å². The molecule has 2 heterocycles. The third-order valence-electron chi connectivity index (χ3n) is 3.81. The molecule has 106 valence electrons. The van der Waals surface area contributed by atoms with Crippen LogP contribution in [-0.2, 0) is 12.8 Å². The molecule has 4 heteroatoms. The molecule has 0 fully saturated rings. The zero-order valence-electron chi connectivity index (χ0n) is 12.1. The second-order valence-electron chi connectivity index (χ2n) is 5.81. The van der Waals surface area contributed by atoms with E-state index in [1.54, 1.807) is 11.3 Å². The van der Waals surface area contributed by atoms with Crippen LogP contribution in [0.4, 0.5) is 0 Å². The Hall–Kier alpha value is -1.26. The van der Waals surface area contributed by atoms with Gasteiger partial charge in [0.05, 0.1) is 4.88 Å². The lowest BCUT2D eigenvalue weighted by molar-refractivity contribution is 0.403. The van der Waals surface area contributed by atoms with E-state index in [0.717, 1.165) is 36.0 Å². The Bertz CT molecular complexity index is 563. The summed E-state index contributed by atoms with van der Waals surface area (Å²) in [4.78, 5) is 10.5. The highest BCUT2D eigenvalue weighted by Crippen LogP contribution is 2.27. The summed E-state index contributed by atoms with van der Waals surface area (Å²) in [6.07, 6.45) is 5.47. The lowest BCUT2D eigenvalue weighted by atomic mass is 9.87. The first-order chi connectivity index (χ1) is 9.72. The van der Waals surface area contributed by atoms with E-state index in [2.05, 4.69) is 41.7 Å². The van der Waals surface area contributed by atoms with E-state index in [1.165, 1.54) is 17.7 Å². The van der Waals surface area contributed by atoms with Crippen molar-refractivity contribution < 1.29 is 0 Å². The molecule has 1 atom stereocenters. The first kappa shape index (κ1) is 13.7. The van der Waals surface area contributed by atoms with Gasteiger partial charge in [0.2, 0.25) is 0 Å². The molecule has 1 aliphatic rings. The second kappa shape index (κ2) is 6.02. The van der Waals surface area contributed by atoms with Crippen molar-refractivity contribution in [3.8, 4) is 10.7 Å². The van der Waals surface area contributed by atoms with Crippen LogP contribution in [0.5, 0.6) is 0 Å². The molecule has 20 heavy (non-hydrogen) atoms. The normalized spacial score (nSPS) is 18.2. The molecule has 0 bridgehead atoms. The smallest absolute Gasteiger partial charge is 0.169 e. The number of nitrogens with zero attached hydrogens (tertiary/aromatic N) is 2. The van der Waals surface area contributed by atoms with Gasteiger partial charge < -0.3 is 5.32 Å². The predicted molar refractivity (Wildman–Crippen MR) is 84.0 cm³/mol. The second-order valence-corrected chi connectivity index (χ2v) is 6.76. The van der Waals surface area contributed by atoms with Crippen LogP contribution in [0.2, 0.25) is 0 Å².